The van der Waals surface area contributed by atoms with Crippen LogP contribution in [0.25, 0.3) is 0 Å². The van der Waals surface area contributed by atoms with Gasteiger partial charge in [0.1, 0.15) is 0 Å². The molecule has 21 heavy (non-hydrogen) atoms. The average molecular weight is 299 g/mol. The zero-order chi connectivity index (χ0) is 15.3. The molecule has 0 aromatic heterocycles. The molecule has 0 saturated heterocycles. The smallest absolute Gasteiger partial charge is 0.387 e. The lowest BCUT2D eigenvalue weighted by atomic mass is 10.0. The number of rotatable bonds is 7. The van der Waals surface area contributed by atoms with Crippen molar-refractivity contribution in [2.24, 2.45) is 0 Å². The van der Waals surface area contributed by atoms with Crippen LogP contribution in [0.4, 0.5) is 8.78 Å². The standard InChI is InChI=1S/C16H23F2NO2/c1-3-20-14-10-12(6-7-13(14)21-15(17)18)11-19-16(2)8-4-5-9-16/h6-7,10,15,19H,3-5,8-9,11H2,1-2H3. The van der Waals surface area contributed by atoms with Crippen LogP contribution in [0, 0.1) is 0 Å². The van der Waals surface area contributed by atoms with E-state index in [0.717, 1.165) is 5.56 Å². The summed E-state index contributed by atoms with van der Waals surface area (Å²) in [5.41, 5.74) is 1.19. The first-order chi connectivity index (χ1) is 10.0. The summed E-state index contributed by atoms with van der Waals surface area (Å²) in [6, 6.07) is 5.11. The predicted octanol–water partition coefficient (Wildman–Crippen LogP) is 4.11. The van der Waals surface area contributed by atoms with Gasteiger partial charge in [0, 0.05) is 12.1 Å². The first-order valence-corrected chi connectivity index (χ1v) is 7.48. The highest BCUT2D eigenvalue weighted by Gasteiger charge is 2.27. The fourth-order valence-electron chi connectivity index (χ4n) is 2.77. The van der Waals surface area contributed by atoms with Crippen LogP contribution in [-0.2, 0) is 6.54 Å². The van der Waals surface area contributed by atoms with E-state index >= 15 is 0 Å². The lowest BCUT2D eigenvalue weighted by Gasteiger charge is -2.25. The third kappa shape index (κ3) is 4.56. The van der Waals surface area contributed by atoms with Gasteiger partial charge in [0.25, 0.3) is 0 Å². The van der Waals surface area contributed by atoms with Crippen molar-refractivity contribution in [2.45, 2.75) is 58.2 Å². The Hall–Kier alpha value is -1.36. The number of hydrogen-bond donors (Lipinski definition) is 1. The molecule has 1 aromatic rings. The van der Waals surface area contributed by atoms with Gasteiger partial charge >= 0.3 is 6.61 Å². The van der Waals surface area contributed by atoms with E-state index in [0.29, 0.717) is 18.9 Å². The number of ether oxygens (including phenoxy) is 2. The highest BCUT2D eigenvalue weighted by atomic mass is 19.3. The van der Waals surface area contributed by atoms with Gasteiger partial charge in [-0.05, 0) is 44.4 Å². The van der Waals surface area contributed by atoms with Crippen molar-refractivity contribution >= 4 is 0 Å². The molecular weight excluding hydrogens is 276 g/mol. The van der Waals surface area contributed by atoms with Gasteiger partial charge in [-0.15, -0.1) is 0 Å². The molecule has 1 saturated carbocycles. The van der Waals surface area contributed by atoms with E-state index in [4.69, 9.17) is 4.74 Å². The van der Waals surface area contributed by atoms with Crippen molar-refractivity contribution in [3.8, 4) is 11.5 Å². The summed E-state index contributed by atoms with van der Waals surface area (Å²) in [6.45, 7) is 2.32. The SMILES string of the molecule is CCOc1cc(CNC2(C)CCCC2)ccc1OC(F)F. The molecule has 1 fully saturated rings. The summed E-state index contributed by atoms with van der Waals surface area (Å²) in [5, 5.41) is 3.56. The second-order valence-corrected chi connectivity index (χ2v) is 5.71. The van der Waals surface area contributed by atoms with E-state index in [1.54, 1.807) is 18.2 Å². The number of hydrogen-bond acceptors (Lipinski definition) is 3. The summed E-state index contributed by atoms with van der Waals surface area (Å²) >= 11 is 0. The van der Waals surface area contributed by atoms with Gasteiger partial charge in [-0.25, -0.2) is 0 Å². The molecule has 1 aromatic carbocycles. The minimum absolute atomic E-state index is 0.0858. The van der Waals surface area contributed by atoms with Crippen molar-refractivity contribution < 1.29 is 18.3 Å². The molecular formula is C16H23F2NO2. The third-order valence-electron chi connectivity index (χ3n) is 3.95. The van der Waals surface area contributed by atoms with Gasteiger partial charge in [0.05, 0.1) is 6.61 Å². The van der Waals surface area contributed by atoms with Gasteiger partial charge in [0.15, 0.2) is 11.5 Å². The van der Waals surface area contributed by atoms with Crippen LogP contribution in [0.3, 0.4) is 0 Å². The Labute approximate surface area is 124 Å². The fraction of sp³-hybridized carbons (Fsp3) is 0.625. The van der Waals surface area contributed by atoms with E-state index < -0.39 is 6.61 Å². The fourth-order valence-corrected chi connectivity index (χ4v) is 2.77. The zero-order valence-corrected chi connectivity index (χ0v) is 12.6. The highest BCUT2D eigenvalue weighted by Crippen LogP contribution is 2.32. The molecule has 118 valence electrons. The van der Waals surface area contributed by atoms with Crippen LogP contribution in [0.15, 0.2) is 18.2 Å². The number of halogens is 2. The monoisotopic (exact) mass is 299 g/mol. The minimum atomic E-state index is -2.84. The first-order valence-electron chi connectivity index (χ1n) is 7.48. The molecule has 0 bridgehead atoms. The molecule has 0 radical (unpaired) electrons. The molecule has 0 unspecified atom stereocenters. The van der Waals surface area contributed by atoms with Gasteiger partial charge in [-0.3, -0.25) is 0 Å². The van der Waals surface area contributed by atoms with Gasteiger partial charge in [-0.2, -0.15) is 8.78 Å². The van der Waals surface area contributed by atoms with Crippen molar-refractivity contribution in [3.63, 3.8) is 0 Å². The molecule has 0 amide bonds. The predicted molar refractivity (Wildman–Crippen MR) is 78.0 cm³/mol. The molecule has 1 N–H and O–H groups in total. The minimum Gasteiger partial charge on any atom is -0.490 e. The zero-order valence-electron chi connectivity index (χ0n) is 12.6. The second-order valence-electron chi connectivity index (χ2n) is 5.71. The summed E-state index contributed by atoms with van der Waals surface area (Å²) in [5.74, 6) is 0.455. The molecule has 1 aliphatic carbocycles. The maximum Gasteiger partial charge on any atom is 0.387 e. The van der Waals surface area contributed by atoms with Crippen LogP contribution in [-0.4, -0.2) is 18.8 Å². The van der Waals surface area contributed by atoms with E-state index in [9.17, 15) is 8.78 Å². The average Bonchev–Trinajstić information content (AvgIpc) is 2.86. The van der Waals surface area contributed by atoms with Crippen molar-refractivity contribution in [2.75, 3.05) is 6.61 Å². The Kier molecular flexibility index (Phi) is 5.39. The molecule has 5 heteroatoms. The summed E-state index contributed by atoms with van der Waals surface area (Å²) < 4.78 is 34.6. The van der Waals surface area contributed by atoms with Crippen molar-refractivity contribution in [3.05, 3.63) is 23.8 Å². The van der Waals surface area contributed by atoms with Gasteiger partial charge < -0.3 is 14.8 Å². The Morgan fingerprint density at radius 3 is 2.57 bits per heavy atom. The van der Waals surface area contributed by atoms with Gasteiger partial charge in [-0.1, -0.05) is 18.9 Å². The van der Waals surface area contributed by atoms with Crippen LogP contribution in [0.1, 0.15) is 45.1 Å². The quantitative estimate of drug-likeness (QED) is 0.822. The highest BCUT2D eigenvalue weighted by molar-refractivity contribution is 5.43. The molecule has 0 spiro atoms. The Morgan fingerprint density at radius 2 is 1.95 bits per heavy atom. The molecule has 3 nitrogen and oxygen atoms in total. The van der Waals surface area contributed by atoms with E-state index in [-0.39, 0.29) is 11.3 Å². The van der Waals surface area contributed by atoms with Crippen LogP contribution >= 0.6 is 0 Å². The van der Waals surface area contributed by atoms with Crippen LogP contribution in [0.2, 0.25) is 0 Å². The third-order valence-corrected chi connectivity index (χ3v) is 3.95. The number of nitrogens with one attached hydrogen (secondary N) is 1. The van der Waals surface area contributed by atoms with E-state index in [2.05, 4.69) is 17.0 Å². The Bertz CT molecular complexity index is 460. The Balaban J connectivity index is 2.04. The molecule has 2 rings (SSSR count). The summed E-state index contributed by atoms with van der Waals surface area (Å²) in [6.07, 6.45) is 4.87. The van der Waals surface area contributed by atoms with Gasteiger partial charge in [0.2, 0.25) is 0 Å². The lowest BCUT2D eigenvalue weighted by Crippen LogP contribution is -2.38. The molecule has 0 aliphatic heterocycles. The van der Waals surface area contributed by atoms with Crippen LogP contribution < -0.4 is 14.8 Å². The second kappa shape index (κ2) is 7.07. The summed E-state index contributed by atoms with van der Waals surface area (Å²) in [7, 11) is 0. The first kappa shape index (κ1) is 16.0. The molecule has 0 atom stereocenters. The maximum absolute atomic E-state index is 12.4. The largest absolute Gasteiger partial charge is 0.490 e. The van der Waals surface area contributed by atoms with Crippen molar-refractivity contribution in [1.29, 1.82) is 0 Å². The van der Waals surface area contributed by atoms with E-state index in [1.807, 2.05) is 6.92 Å². The van der Waals surface area contributed by atoms with Crippen LogP contribution in [0.5, 0.6) is 11.5 Å². The molecule has 1 aliphatic rings. The number of alkyl halides is 2. The Morgan fingerprint density at radius 1 is 1.24 bits per heavy atom. The lowest BCUT2D eigenvalue weighted by molar-refractivity contribution is -0.0514. The van der Waals surface area contributed by atoms with Crippen molar-refractivity contribution in [1.82, 2.24) is 5.32 Å². The summed E-state index contributed by atoms with van der Waals surface area (Å²) in [4.78, 5) is 0. The van der Waals surface area contributed by atoms with E-state index in [1.165, 1.54) is 25.7 Å². The molecule has 0 heterocycles. The number of benzene rings is 1. The topological polar surface area (TPSA) is 30.5 Å². The normalized spacial score (nSPS) is 17.2. The maximum atomic E-state index is 12.4.